The lowest BCUT2D eigenvalue weighted by atomic mass is 10.1. The maximum absolute atomic E-state index is 11.0. The quantitative estimate of drug-likeness (QED) is 0.734. The molecule has 1 heterocycles. The molecule has 0 unspecified atom stereocenters. The molecule has 0 fully saturated rings. The van der Waals surface area contributed by atoms with Crippen molar-refractivity contribution in [3.8, 4) is 11.3 Å². The molecule has 0 bridgehead atoms. The Morgan fingerprint density at radius 2 is 2.09 bits per heavy atom. The Balaban J connectivity index is 1.91. The number of aromatic carboxylic acids is 1. The van der Waals surface area contributed by atoms with Crippen LogP contribution in [0.15, 0.2) is 40.8 Å². The number of nitrogens with zero attached hydrogens (tertiary/aromatic N) is 1. The van der Waals surface area contributed by atoms with Gasteiger partial charge in [0.1, 0.15) is 11.5 Å². The Morgan fingerprint density at radius 1 is 1.27 bits per heavy atom. The van der Waals surface area contributed by atoms with Crippen LogP contribution in [-0.4, -0.2) is 43.2 Å². The Kier molecular flexibility index (Phi) is 5.75. The summed E-state index contributed by atoms with van der Waals surface area (Å²) in [6.07, 6.45) is 1.08. The Hall–Kier alpha value is -2.11. The van der Waals surface area contributed by atoms with Crippen LogP contribution in [0, 0.1) is 0 Å². The molecule has 0 aliphatic heterocycles. The van der Waals surface area contributed by atoms with Gasteiger partial charge in [-0.1, -0.05) is 12.1 Å². The Labute approximate surface area is 130 Å². The standard InChI is InChI=1S/C17H22N2O3/c1-19(2)10-4-9-18-12-15-7-8-16(22-15)13-5-3-6-14(11-13)17(20)21/h3,5-8,11,18H,4,9-10,12H2,1-2H3,(H,20,21). The van der Waals surface area contributed by atoms with Crippen molar-refractivity contribution < 1.29 is 14.3 Å². The zero-order valence-corrected chi connectivity index (χ0v) is 13.0. The largest absolute Gasteiger partial charge is 0.478 e. The van der Waals surface area contributed by atoms with E-state index in [1.54, 1.807) is 18.2 Å². The van der Waals surface area contributed by atoms with Crippen LogP contribution >= 0.6 is 0 Å². The van der Waals surface area contributed by atoms with Gasteiger partial charge in [-0.2, -0.15) is 0 Å². The van der Waals surface area contributed by atoms with E-state index in [2.05, 4.69) is 24.3 Å². The molecule has 0 spiro atoms. The van der Waals surface area contributed by atoms with Crippen molar-refractivity contribution in [3.63, 3.8) is 0 Å². The van der Waals surface area contributed by atoms with Crippen LogP contribution in [0.4, 0.5) is 0 Å². The molecule has 2 N–H and O–H groups in total. The minimum atomic E-state index is -0.934. The molecule has 5 heteroatoms. The van der Waals surface area contributed by atoms with Gasteiger partial charge in [0.2, 0.25) is 0 Å². The summed E-state index contributed by atoms with van der Waals surface area (Å²) in [7, 11) is 4.12. The number of hydrogen-bond acceptors (Lipinski definition) is 4. The molecule has 0 saturated heterocycles. The molecule has 118 valence electrons. The third kappa shape index (κ3) is 4.72. The number of rotatable bonds is 8. The molecule has 0 saturated carbocycles. The van der Waals surface area contributed by atoms with E-state index in [1.807, 2.05) is 18.2 Å². The summed E-state index contributed by atoms with van der Waals surface area (Å²) in [6, 6.07) is 10.6. The smallest absolute Gasteiger partial charge is 0.335 e. The first kappa shape index (κ1) is 16.3. The van der Waals surface area contributed by atoms with E-state index in [4.69, 9.17) is 9.52 Å². The number of carboxylic acids is 1. The molecule has 0 aliphatic carbocycles. The lowest BCUT2D eigenvalue weighted by Crippen LogP contribution is -2.20. The van der Waals surface area contributed by atoms with Crippen molar-refractivity contribution in [3.05, 3.63) is 47.7 Å². The molecule has 0 amide bonds. The molecule has 0 atom stereocenters. The van der Waals surface area contributed by atoms with Gasteiger partial charge in [-0.05, 0) is 57.9 Å². The van der Waals surface area contributed by atoms with E-state index in [-0.39, 0.29) is 5.56 Å². The minimum Gasteiger partial charge on any atom is -0.478 e. The zero-order chi connectivity index (χ0) is 15.9. The Morgan fingerprint density at radius 3 is 2.82 bits per heavy atom. The summed E-state index contributed by atoms with van der Waals surface area (Å²) >= 11 is 0. The summed E-state index contributed by atoms with van der Waals surface area (Å²) in [5, 5.41) is 12.4. The molecule has 5 nitrogen and oxygen atoms in total. The minimum absolute atomic E-state index is 0.261. The van der Waals surface area contributed by atoms with E-state index in [0.29, 0.717) is 12.3 Å². The average molecular weight is 302 g/mol. The summed E-state index contributed by atoms with van der Waals surface area (Å²) in [5.74, 6) is 0.602. The third-order valence-corrected chi connectivity index (χ3v) is 3.31. The summed E-state index contributed by atoms with van der Waals surface area (Å²) < 4.78 is 5.77. The topological polar surface area (TPSA) is 65.7 Å². The van der Waals surface area contributed by atoms with Gasteiger partial charge in [-0.3, -0.25) is 0 Å². The molecular weight excluding hydrogens is 280 g/mol. The first-order valence-corrected chi connectivity index (χ1v) is 7.34. The van der Waals surface area contributed by atoms with Crippen LogP contribution in [0.1, 0.15) is 22.5 Å². The highest BCUT2D eigenvalue weighted by atomic mass is 16.4. The fourth-order valence-electron chi connectivity index (χ4n) is 2.17. The van der Waals surface area contributed by atoms with Gasteiger partial charge in [-0.25, -0.2) is 4.79 Å². The maximum Gasteiger partial charge on any atom is 0.335 e. The van der Waals surface area contributed by atoms with Crippen molar-refractivity contribution >= 4 is 5.97 Å². The maximum atomic E-state index is 11.0. The lowest BCUT2D eigenvalue weighted by Gasteiger charge is -2.09. The number of hydrogen-bond donors (Lipinski definition) is 2. The van der Waals surface area contributed by atoms with E-state index >= 15 is 0 Å². The first-order valence-electron chi connectivity index (χ1n) is 7.34. The van der Waals surface area contributed by atoms with Gasteiger partial charge in [0, 0.05) is 5.56 Å². The predicted octanol–water partition coefficient (Wildman–Crippen LogP) is 2.69. The van der Waals surface area contributed by atoms with Crippen molar-refractivity contribution in [1.29, 1.82) is 0 Å². The molecule has 2 rings (SSSR count). The van der Waals surface area contributed by atoms with E-state index in [9.17, 15) is 4.79 Å². The predicted molar refractivity (Wildman–Crippen MR) is 86.0 cm³/mol. The van der Waals surface area contributed by atoms with Crippen LogP contribution in [0.2, 0.25) is 0 Å². The molecule has 0 radical (unpaired) electrons. The summed E-state index contributed by atoms with van der Waals surface area (Å²) in [5.41, 5.74) is 1.04. The van der Waals surface area contributed by atoms with Gasteiger partial charge >= 0.3 is 5.97 Å². The summed E-state index contributed by atoms with van der Waals surface area (Å²) in [6.45, 7) is 2.66. The van der Waals surface area contributed by atoms with Gasteiger partial charge in [-0.15, -0.1) is 0 Å². The van der Waals surface area contributed by atoms with Crippen LogP contribution in [-0.2, 0) is 6.54 Å². The van der Waals surface area contributed by atoms with Gasteiger partial charge in [0.25, 0.3) is 0 Å². The van der Waals surface area contributed by atoms with Crippen molar-refractivity contribution in [1.82, 2.24) is 10.2 Å². The third-order valence-electron chi connectivity index (χ3n) is 3.31. The second kappa shape index (κ2) is 7.77. The second-order valence-corrected chi connectivity index (χ2v) is 5.49. The number of carbonyl (C=O) groups is 1. The van der Waals surface area contributed by atoms with Crippen molar-refractivity contribution in [2.75, 3.05) is 27.2 Å². The highest BCUT2D eigenvalue weighted by Gasteiger charge is 2.08. The molecule has 1 aromatic heterocycles. The molecule has 0 aliphatic rings. The van der Waals surface area contributed by atoms with Crippen LogP contribution < -0.4 is 5.32 Å². The SMILES string of the molecule is CN(C)CCCNCc1ccc(-c2cccc(C(=O)O)c2)o1. The van der Waals surface area contributed by atoms with E-state index in [0.717, 1.165) is 30.8 Å². The highest BCUT2D eigenvalue weighted by Crippen LogP contribution is 2.23. The lowest BCUT2D eigenvalue weighted by molar-refractivity contribution is 0.0697. The second-order valence-electron chi connectivity index (χ2n) is 5.49. The number of nitrogens with one attached hydrogen (secondary N) is 1. The van der Waals surface area contributed by atoms with Crippen molar-refractivity contribution in [2.24, 2.45) is 0 Å². The summed E-state index contributed by atoms with van der Waals surface area (Å²) in [4.78, 5) is 13.2. The molecular formula is C17H22N2O3. The van der Waals surface area contributed by atoms with E-state index in [1.165, 1.54) is 0 Å². The van der Waals surface area contributed by atoms with Gasteiger partial charge in [0.15, 0.2) is 0 Å². The molecule has 22 heavy (non-hydrogen) atoms. The van der Waals surface area contributed by atoms with Crippen molar-refractivity contribution in [2.45, 2.75) is 13.0 Å². The van der Waals surface area contributed by atoms with Crippen LogP contribution in [0.3, 0.4) is 0 Å². The van der Waals surface area contributed by atoms with Crippen LogP contribution in [0.25, 0.3) is 11.3 Å². The van der Waals surface area contributed by atoms with Crippen LogP contribution in [0.5, 0.6) is 0 Å². The van der Waals surface area contributed by atoms with E-state index < -0.39 is 5.97 Å². The van der Waals surface area contributed by atoms with Gasteiger partial charge < -0.3 is 19.7 Å². The monoisotopic (exact) mass is 302 g/mol. The highest BCUT2D eigenvalue weighted by molar-refractivity contribution is 5.89. The molecule has 1 aromatic carbocycles. The number of carboxylic acid groups (broad SMARTS) is 1. The fourth-order valence-corrected chi connectivity index (χ4v) is 2.17. The first-order chi connectivity index (χ1) is 10.6. The number of benzene rings is 1. The fraction of sp³-hybridized carbons (Fsp3) is 0.353. The molecule has 2 aromatic rings. The Bertz CT molecular complexity index is 620. The normalized spacial score (nSPS) is 11.0. The zero-order valence-electron chi connectivity index (χ0n) is 13.0. The number of furan rings is 1. The van der Waals surface area contributed by atoms with Gasteiger partial charge in [0.05, 0.1) is 12.1 Å². The average Bonchev–Trinajstić information content (AvgIpc) is 2.95.